The first-order chi connectivity index (χ1) is 18.3. The summed E-state index contributed by atoms with van der Waals surface area (Å²) in [4.78, 5) is 27.6. The molecule has 196 valence electrons. The first-order valence-electron chi connectivity index (χ1n) is 13.8. The SMILES string of the molecule is CC#C[C@]1(O)CC[C@H]2[C@@H]3CCC4=CC(=O)CCC4=C3[C@@H](c3ccc(N(C)C(=O)c4cccs4)cc3)C[C@@]21C. The van der Waals surface area contributed by atoms with E-state index in [2.05, 4.69) is 30.9 Å². The van der Waals surface area contributed by atoms with Crippen molar-refractivity contribution in [1.82, 2.24) is 0 Å². The monoisotopic (exact) mass is 525 g/mol. The van der Waals surface area contributed by atoms with Gasteiger partial charge in [-0.3, -0.25) is 9.59 Å². The Morgan fingerprint density at radius 1 is 1.13 bits per heavy atom. The highest BCUT2D eigenvalue weighted by Gasteiger charge is 2.62. The molecule has 0 unspecified atom stereocenters. The van der Waals surface area contributed by atoms with Crippen LogP contribution in [0.25, 0.3) is 0 Å². The number of carbonyl (C=O) groups excluding carboxylic acids is 2. The standard InChI is InChI=1S/C33H35NO3S/c1-4-16-33(37)17-15-28-26-13-9-22-19-24(35)12-14-25(22)30(26)27(20-32(28,33)2)21-7-10-23(11-8-21)34(3)31(36)29-6-5-18-38-29/h5-8,10-11,18-19,26-28,37H,9,12-15,17,20H2,1-3H3/t26-,27+,28-,32-,33-/m0/s1. The van der Waals surface area contributed by atoms with Gasteiger partial charge in [-0.2, -0.15) is 0 Å². The van der Waals surface area contributed by atoms with Crippen molar-refractivity contribution in [3.8, 4) is 11.8 Å². The van der Waals surface area contributed by atoms with E-state index in [0.717, 1.165) is 49.1 Å². The average molecular weight is 526 g/mol. The van der Waals surface area contributed by atoms with Crippen molar-refractivity contribution in [2.24, 2.45) is 17.3 Å². The molecular weight excluding hydrogens is 490 g/mol. The molecule has 0 aliphatic heterocycles. The lowest BCUT2D eigenvalue weighted by molar-refractivity contribution is -0.114. The molecule has 5 heteroatoms. The van der Waals surface area contributed by atoms with E-state index in [1.807, 2.05) is 49.7 Å². The number of amides is 1. The fraction of sp³-hybridized carbons (Fsp3) is 0.455. The number of nitrogens with zero attached hydrogens (tertiary/aromatic N) is 1. The van der Waals surface area contributed by atoms with Gasteiger partial charge in [0.05, 0.1) is 4.88 Å². The maximum absolute atomic E-state index is 12.9. The minimum atomic E-state index is -0.979. The van der Waals surface area contributed by atoms with E-state index in [-0.39, 0.29) is 23.0 Å². The van der Waals surface area contributed by atoms with Crippen molar-refractivity contribution in [3.63, 3.8) is 0 Å². The molecule has 4 aliphatic carbocycles. The van der Waals surface area contributed by atoms with Gasteiger partial charge < -0.3 is 10.0 Å². The van der Waals surface area contributed by atoms with Crippen LogP contribution in [0.2, 0.25) is 0 Å². The summed E-state index contributed by atoms with van der Waals surface area (Å²) in [5.41, 5.74) is 4.94. The summed E-state index contributed by atoms with van der Waals surface area (Å²) in [5.74, 6) is 7.45. The Morgan fingerprint density at radius 2 is 1.92 bits per heavy atom. The largest absolute Gasteiger partial charge is 0.377 e. The summed E-state index contributed by atoms with van der Waals surface area (Å²) in [6.07, 6.45) is 7.83. The zero-order chi connectivity index (χ0) is 26.7. The number of allylic oxidation sites excluding steroid dienone is 4. The summed E-state index contributed by atoms with van der Waals surface area (Å²) in [7, 11) is 1.82. The van der Waals surface area contributed by atoms with Gasteiger partial charge in [0.1, 0.15) is 5.60 Å². The smallest absolute Gasteiger partial charge is 0.268 e. The molecule has 4 aliphatic rings. The Balaban J connectivity index is 1.42. The van der Waals surface area contributed by atoms with E-state index in [4.69, 9.17) is 0 Å². The number of aliphatic hydroxyl groups is 1. The third-order valence-corrected chi connectivity index (χ3v) is 10.8. The minimum absolute atomic E-state index is 0.00569. The summed E-state index contributed by atoms with van der Waals surface area (Å²) in [6, 6.07) is 12.2. The zero-order valence-corrected chi connectivity index (χ0v) is 23.2. The van der Waals surface area contributed by atoms with E-state index in [1.54, 1.807) is 4.90 Å². The van der Waals surface area contributed by atoms with Crippen LogP contribution in [0.5, 0.6) is 0 Å². The summed E-state index contributed by atoms with van der Waals surface area (Å²) in [5, 5.41) is 13.8. The first kappa shape index (κ1) is 25.3. The Bertz CT molecular complexity index is 1410. The van der Waals surface area contributed by atoms with Crippen LogP contribution in [-0.4, -0.2) is 29.4 Å². The lowest BCUT2D eigenvalue weighted by Crippen LogP contribution is -2.51. The van der Waals surface area contributed by atoms with Gasteiger partial charge in [-0.1, -0.05) is 36.6 Å². The van der Waals surface area contributed by atoms with Gasteiger partial charge in [0, 0.05) is 30.5 Å². The topological polar surface area (TPSA) is 57.6 Å². The van der Waals surface area contributed by atoms with Crippen molar-refractivity contribution in [3.05, 3.63) is 75.0 Å². The number of fused-ring (bicyclic) bond motifs is 4. The molecule has 2 saturated carbocycles. The van der Waals surface area contributed by atoms with Crippen molar-refractivity contribution in [2.75, 3.05) is 11.9 Å². The lowest BCUT2D eigenvalue weighted by atomic mass is 9.51. The molecule has 1 aromatic carbocycles. The molecule has 0 saturated heterocycles. The van der Waals surface area contributed by atoms with E-state index < -0.39 is 5.60 Å². The third-order valence-electron chi connectivity index (χ3n) is 9.94. The van der Waals surface area contributed by atoms with E-state index >= 15 is 0 Å². The molecule has 0 bridgehead atoms. The maximum Gasteiger partial charge on any atom is 0.268 e. The van der Waals surface area contributed by atoms with Crippen molar-refractivity contribution < 1.29 is 14.7 Å². The predicted octanol–water partition coefficient (Wildman–Crippen LogP) is 6.68. The molecule has 6 rings (SSSR count). The number of anilines is 1. The molecule has 38 heavy (non-hydrogen) atoms. The molecule has 1 aromatic heterocycles. The number of carbonyl (C=O) groups is 2. The van der Waals surface area contributed by atoms with Crippen molar-refractivity contribution in [2.45, 2.75) is 70.3 Å². The number of thiophene rings is 1. The Morgan fingerprint density at radius 3 is 2.63 bits per heavy atom. The second-order valence-corrected chi connectivity index (χ2v) is 12.7. The molecule has 5 atom stereocenters. The maximum atomic E-state index is 12.9. The van der Waals surface area contributed by atoms with Crippen LogP contribution in [0.15, 0.2) is 64.6 Å². The molecular formula is C33H35NO3S. The number of hydrogen-bond acceptors (Lipinski definition) is 4. The van der Waals surface area contributed by atoms with Gasteiger partial charge in [-0.05, 0) is 104 Å². The van der Waals surface area contributed by atoms with Gasteiger partial charge in [0.2, 0.25) is 0 Å². The molecule has 1 heterocycles. The summed E-state index contributed by atoms with van der Waals surface area (Å²) < 4.78 is 0. The van der Waals surface area contributed by atoms with Gasteiger partial charge in [-0.25, -0.2) is 0 Å². The van der Waals surface area contributed by atoms with Crippen LogP contribution < -0.4 is 4.90 Å². The molecule has 1 N–H and O–H groups in total. The number of benzene rings is 1. The average Bonchev–Trinajstić information content (AvgIpc) is 3.54. The second-order valence-electron chi connectivity index (χ2n) is 11.7. The molecule has 0 radical (unpaired) electrons. The van der Waals surface area contributed by atoms with Crippen LogP contribution in [0.1, 0.15) is 79.9 Å². The van der Waals surface area contributed by atoms with Crippen molar-refractivity contribution in [1.29, 1.82) is 0 Å². The highest BCUT2D eigenvalue weighted by Crippen LogP contribution is 2.66. The highest BCUT2D eigenvalue weighted by molar-refractivity contribution is 7.12. The van der Waals surface area contributed by atoms with Gasteiger partial charge in [-0.15, -0.1) is 17.3 Å². The van der Waals surface area contributed by atoms with Crippen LogP contribution in [0.3, 0.4) is 0 Å². The fourth-order valence-corrected chi connectivity index (χ4v) is 8.69. The number of hydrogen-bond donors (Lipinski definition) is 1. The molecule has 1 amide bonds. The third kappa shape index (κ3) is 3.84. The quantitative estimate of drug-likeness (QED) is 0.455. The molecule has 2 fully saturated rings. The van der Waals surface area contributed by atoms with Crippen LogP contribution in [0, 0.1) is 29.1 Å². The Labute approximate surface area is 229 Å². The zero-order valence-electron chi connectivity index (χ0n) is 22.4. The molecule has 4 nitrogen and oxygen atoms in total. The van der Waals surface area contributed by atoms with Gasteiger partial charge >= 0.3 is 0 Å². The number of rotatable bonds is 3. The summed E-state index contributed by atoms with van der Waals surface area (Å²) >= 11 is 1.45. The normalized spacial score (nSPS) is 31.9. The lowest BCUT2D eigenvalue weighted by Gasteiger charge is -2.53. The van der Waals surface area contributed by atoms with E-state index in [9.17, 15) is 14.7 Å². The van der Waals surface area contributed by atoms with Crippen LogP contribution in [0.4, 0.5) is 5.69 Å². The fourth-order valence-electron chi connectivity index (χ4n) is 7.99. The molecule has 2 aromatic rings. The van der Waals surface area contributed by atoms with E-state index in [1.165, 1.54) is 33.6 Å². The second kappa shape index (κ2) is 9.36. The minimum Gasteiger partial charge on any atom is -0.377 e. The van der Waals surface area contributed by atoms with Crippen molar-refractivity contribution >= 4 is 28.7 Å². The van der Waals surface area contributed by atoms with Crippen LogP contribution in [-0.2, 0) is 4.79 Å². The van der Waals surface area contributed by atoms with Gasteiger partial charge in [0.25, 0.3) is 5.91 Å². The van der Waals surface area contributed by atoms with Crippen LogP contribution >= 0.6 is 11.3 Å². The highest BCUT2D eigenvalue weighted by atomic mass is 32.1. The number of ketones is 1. The Hall–Kier alpha value is -2.94. The van der Waals surface area contributed by atoms with E-state index in [0.29, 0.717) is 18.3 Å². The van der Waals surface area contributed by atoms with Gasteiger partial charge in [0.15, 0.2) is 5.78 Å². The predicted molar refractivity (Wildman–Crippen MR) is 152 cm³/mol. The Kier molecular flexibility index (Phi) is 6.24. The summed E-state index contributed by atoms with van der Waals surface area (Å²) in [6.45, 7) is 4.09. The molecule has 0 spiro atoms. The first-order valence-corrected chi connectivity index (χ1v) is 14.7.